The molecule has 0 radical (unpaired) electrons. The molecule has 1 aromatic rings. The van der Waals surface area contributed by atoms with Gasteiger partial charge in [0.25, 0.3) is 0 Å². The van der Waals surface area contributed by atoms with Gasteiger partial charge < -0.3 is 61.4 Å². The first kappa shape index (κ1) is 59.1. The summed E-state index contributed by atoms with van der Waals surface area (Å²) in [5, 5.41) is 81.2. The molecule has 73 heavy (non-hydrogen) atoms. The van der Waals surface area contributed by atoms with Gasteiger partial charge in [-0.1, -0.05) is 84.0 Å². The molecular weight excluding hydrogens is 921 g/mol. The molecule has 0 saturated heterocycles. The number of fused-ring (bicyclic) bond motifs is 5. The second-order valence-corrected chi connectivity index (χ2v) is 22.8. The highest BCUT2D eigenvalue weighted by Crippen LogP contribution is 2.67. The van der Waals surface area contributed by atoms with Gasteiger partial charge in [0.15, 0.2) is 0 Å². The van der Waals surface area contributed by atoms with Crippen molar-refractivity contribution in [3.63, 3.8) is 0 Å². The molecule has 13 heteroatoms. The number of ether oxygens (including phenoxy) is 2. The van der Waals surface area contributed by atoms with Gasteiger partial charge in [-0.25, -0.2) is 0 Å². The van der Waals surface area contributed by atoms with E-state index in [1.165, 1.54) is 16.7 Å². The van der Waals surface area contributed by atoms with Crippen LogP contribution in [0.3, 0.4) is 0 Å². The van der Waals surface area contributed by atoms with Crippen LogP contribution in [0.4, 0.5) is 0 Å². The molecule has 5 aliphatic rings. The molecule has 1 aromatic carbocycles. The van der Waals surface area contributed by atoms with Gasteiger partial charge in [-0.15, -0.1) is 0 Å². The van der Waals surface area contributed by atoms with Gasteiger partial charge in [-0.3, -0.25) is 4.79 Å². The van der Waals surface area contributed by atoms with Crippen LogP contribution in [0.25, 0.3) is 0 Å². The lowest BCUT2D eigenvalue weighted by Gasteiger charge is -2.61. The van der Waals surface area contributed by atoms with Gasteiger partial charge in [0.1, 0.15) is 12.4 Å². The molecule has 3 saturated carbocycles. The largest absolute Gasteiger partial charge is 0.396 e. The second-order valence-electron chi connectivity index (χ2n) is 22.8. The van der Waals surface area contributed by atoms with Gasteiger partial charge in [0, 0.05) is 62.2 Å². The minimum atomic E-state index is -1.28. The van der Waals surface area contributed by atoms with E-state index in [0.29, 0.717) is 75.3 Å². The predicted molar refractivity (Wildman–Crippen MR) is 291 cm³/mol. The number of aldehydes is 1. The van der Waals surface area contributed by atoms with Crippen molar-refractivity contribution in [3.8, 4) is 0 Å². The van der Waals surface area contributed by atoms with Gasteiger partial charge in [0.2, 0.25) is 0 Å². The predicted octanol–water partition coefficient (Wildman–Crippen LogP) is 5.30. The molecular formula is C60H94N4O9. The van der Waals surface area contributed by atoms with Crippen molar-refractivity contribution in [2.75, 3.05) is 80.4 Å². The third kappa shape index (κ3) is 14.1. The molecule has 0 aromatic heterocycles. The molecule has 6 rings (SSSR count). The Morgan fingerprint density at radius 3 is 2.59 bits per heavy atom. The first-order valence-electron chi connectivity index (χ1n) is 27.6. The first-order chi connectivity index (χ1) is 35.1. The average Bonchev–Trinajstić information content (AvgIpc) is 3.73. The van der Waals surface area contributed by atoms with Crippen molar-refractivity contribution in [1.29, 1.82) is 0 Å². The van der Waals surface area contributed by atoms with Crippen molar-refractivity contribution in [3.05, 3.63) is 106 Å². The Bertz CT molecular complexity index is 2100. The van der Waals surface area contributed by atoms with E-state index in [-0.39, 0.29) is 49.0 Å². The minimum Gasteiger partial charge on any atom is -0.396 e. The van der Waals surface area contributed by atoms with E-state index in [9.17, 15) is 35.4 Å². The van der Waals surface area contributed by atoms with Crippen LogP contribution in [0.5, 0.6) is 0 Å². The van der Waals surface area contributed by atoms with E-state index in [2.05, 4.69) is 90.4 Å². The Kier molecular flexibility index (Phi) is 22.5. The molecule has 13 nitrogen and oxygen atoms in total. The molecule has 10 N–H and O–H groups in total. The maximum absolute atomic E-state index is 13.1. The molecule has 408 valence electrons. The molecule has 1 spiro atoms. The molecule has 4 bridgehead atoms. The number of carbonyl (C=O) groups excluding carboxylic acids is 1. The maximum atomic E-state index is 13.1. The lowest BCUT2D eigenvalue weighted by atomic mass is 9.45. The fourth-order valence-corrected chi connectivity index (χ4v) is 14.2. The molecule has 0 amide bonds. The molecule has 14 atom stereocenters. The van der Waals surface area contributed by atoms with E-state index in [1.807, 2.05) is 33.0 Å². The smallest absolute Gasteiger partial charge is 0.145 e. The standard InChI is InChI=1S/C60H94N4O9/c1-40-14-15-47(29-44-11-9-12-45(28-44)31-58(64-33-40,24-27-72-7)54-30-51(63-34-43(4)68)19-18-49(54)35-62-6)41(2)10-8-13-50(38-73-39-52(69)37-67)53-20-22-60(57(53)70)56-46(21-26-65)16-17-48(55(56)42(3)36-66)32-59(60,71)23-25-61-5/h8-14,16-17,28,36,43,46-49,51-54,56-57,61-65,67-71H,2,15,18-27,29-35,37-39H2,1,3-7H3. The Morgan fingerprint density at radius 1 is 1.08 bits per heavy atom. The number of nitrogens with one attached hydrogen (secondary N) is 4. The van der Waals surface area contributed by atoms with Crippen molar-refractivity contribution >= 4 is 6.29 Å². The number of aliphatic hydroxyl groups is 6. The second kappa shape index (κ2) is 27.8. The third-order valence-corrected chi connectivity index (χ3v) is 17.9. The fraction of sp³-hybridized carbons (Fsp3) is 0.683. The first-order valence-corrected chi connectivity index (χ1v) is 27.6. The summed E-state index contributed by atoms with van der Waals surface area (Å²) in [6.07, 6.45) is 19.9. The van der Waals surface area contributed by atoms with E-state index in [4.69, 9.17) is 9.47 Å². The maximum Gasteiger partial charge on any atom is 0.145 e. The quantitative estimate of drug-likeness (QED) is 0.0277. The van der Waals surface area contributed by atoms with E-state index >= 15 is 0 Å². The number of hydrogen-bond donors (Lipinski definition) is 10. The summed E-state index contributed by atoms with van der Waals surface area (Å²) in [5.74, 6) is -0.196. The molecule has 1 heterocycles. The van der Waals surface area contributed by atoms with Crippen LogP contribution in [0.2, 0.25) is 0 Å². The Morgan fingerprint density at radius 2 is 1.88 bits per heavy atom. The summed E-state index contributed by atoms with van der Waals surface area (Å²) in [4.78, 5) is 12.5. The highest BCUT2D eigenvalue weighted by molar-refractivity contribution is 5.74. The van der Waals surface area contributed by atoms with Crippen molar-refractivity contribution in [2.24, 2.45) is 46.8 Å². The Hall–Kier alpha value is -3.15. The Labute approximate surface area is 437 Å². The summed E-state index contributed by atoms with van der Waals surface area (Å²) in [5.41, 5.74) is 4.63. The minimum absolute atomic E-state index is 0.0630. The van der Waals surface area contributed by atoms with Crippen molar-refractivity contribution in [1.82, 2.24) is 21.3 Å². The highest BCUT2D eigenvalue weighted by atomic mass is 16.5. The Balaban J connectivity index is 1.31. The number of aliphatic hydroxyl groups excluding tert-OH is 5. The number of benzene rings is 1. The topological polar surface area (TPSA) is 205 Å². The molecule has 3 fully saturated rings. The zero-order valence-corrected chi connectivity index (χ0v) is 45.2. The monoisotopic (exact) mass is 1010 g/mol. The van der Waals surface area contributed by atoms with Crippen LogP contribution in [0.15, 0.2) is 95.2 Å². The lowest BCUT2D eigenvalue weighted by molar-refractivity contribution is -0.194. The summed E-state index contributed by atoms with van der Waals surface area (Å²) >= 11 is 0. The molecule has 14 unspecified atom stereocenters. The summed E-state index contributed by atoms with van der Waals surface area (Å²) in [7, 11) is 5.71. The van der Waals surface area contributed by atoms with Crippen LogP contribution in [0, 0.1) is 46.8 Å². The highest BCUT2D eigenvalue weighted by Gasteiger charge is 2.68. The van der Waals surface area contributed by atoms with Crippen LogP contribution in [-0.2, 0) is 27.1 Å². The summed E-state index contributed by atoms with van der Waals surface area (Å²) < 4.78 is 11.9. The normalized spacial score (nSPS) is 34.5. The zero-order chi connectivity index (χ0) is 52.8. The van der Waals surface area contributed by atoms with E-state index in [1.54, 1.807) is 7.11 Å². The molecule has 1 aliphatic heterocycles. The third-order valence-electron chi connectivity index (χ3n) is 17.9. The average molecular weight is 1020 g/mol. The van der Waals surface area contributed by atoms with Crippen molar-refractivity contribution in [2.45, 2.75) is 133 Å². The van der Waals surface area contributed by atoms with Gasteiger partial charge in [-0.05, 0) is 177 Å². The number of hydrogen-bond acceptors (Lipinski definition) is 13. The van der Waals surface area contributed by atoms with E-state index < -0.39 is 41.9 Å². The summed E-state index contributed by atoms with van der Waals surface area (Å²) in [6, 6.07) is 9.39. The van der Waals surface area contributed by atoms with Gasteiger partial charge >= 0.3 is 0 Å². The number of carbonyl (C=O) groups is 1. The molecule has 4 aliphatic carbocycles. The van der Waals surface area contributed by atoms with Crippen molar-refractivity contribution < 1.29 is 44.9 Å². The number of methoxy groups -OCH3 is 1. The van der Waals surface area contributed by atoms with Crippen LogP contribution in [0.1, 0.15) is 96.1 Å². The van der Waals surface area contributed by atoms with Crippen LogP contribution < -0.4 is 21.3 Å². The number of rotatable bonds is 24. The number of allylic oxidation sites excluding steroid dienone is 9. The van der Waals surface area contributed by atoms with Crippen LogP contribution >= 0.6 is 0 Å². The summed E-state index contributed by atoms with van der Waals surface area (Å²) in [6.45, 7) is 13.5. The SMILES string of the molecule is C=C(C=CC=C(COCC(O)CO)C1CCC2(C1O)C1C(=C(C)C=O)C(C=CC1CCO)CC2(O)CCNC)C1CC=C(C)CNC(CCOC)(C2CC(NCC(C)O)CCC2CNC)Cc2cccc(c2)C1. The lowest BCUT2D eigenvalue weighted by Crippen LogP contribution is -2.65. The van der Waals surface area contributed by atoms with Gasteiger partial charge in [0.05, 0.1) is 37.6 Å². The van der Waals surface area contributed by atoms with Crippen LogP contribution in [-0.4, -0.2) is 153 Å². The fourth-order valence-electron chi connectivity index (χ4n) is 14.2. The zero-order valence-electron chi connectivity index (χ0n) is 45.2. The van der Waals surface area contributed by atoms with Gasteiger partial charge in [-0.2, -0.15) is 0 Å². The van der Waals surface area contributed by atoms with E-state index in [0.717, 1.165) is 81.0 Å².